The highest BCUT2D eigenvalue weighted by atomic mass is 35.5. The maximum atomic E-state index is 13.1. The van der Waals surface area contributed by atoms with Gasteiger partial charge in [-0.3, -0.25) is 0 Å². The molecule has 0 heterocycles. The van der Waals surface area contributed by atoms with Crippen LogP contribution in [0.1, 0.15) is 23.6 Å². The molecule has 2 aromatic rings. The second kappa shape index (κ2) is 10.7. The Balaban J connectivity index is 0.00000364. The lowest BCUT2D eigenvalue weighted by Gasteiger charge is -2.18. The fraction of sp³-hybridized carbons (Fsp3) is 0.350. The molecule has 1 atom stereocenters. The van der Waals surface area contributed by atoms with E-state index in [2.05, 4.69) is 5.32 Å². The Kier molecular flexibility index (Phi) is 9.05. The van der Waals surface area contributed by atoms with Crippen LogP contribution in [0.3, 0.4) is 0 Å². The Labute approximate surface area is 165 Å². The molecule has 1 N–H and O–H groups in total. The van der Waals surface area contributed by atoms with Crippen molar-refractivity contribution in [2.45, 2.75) is 19.4 Å². The minimum absolute atomic E-state index is 0. The summed E-state index contributed by atoms with van der Waals surface area (Å²) in [5.74, 6) is 0.922. The highest BCUT2D eigenvalue weighted by molar-refractivity contribution is 5.85. The number of ether oxygens (including phenoxy) is 2. The molecule has 0 saturated carbocycles. The van der Waals surface area contributed by atoms with E-state index in [0.29, 0.717) is 18.1 Å². The summed E-state index contributed by atoms with van der Waals surface area (Å²) in [5, 5.41) is 3.25. The zero-order valence-corrected chi connectivity index (χ0v) is 16.8. The zero-order valence-electron chi connectivity index (χ0n) is 16.0. The molecule has 148 valence electrons. The maximum absolute atomic E-state index is 13.1. The third-order valence-electron chi connectivity index (χ3n) is 4.00. The van der Waals surface area contributed by atoms with Crippen LogP contribution in [-0.2, 0) is 0 Å². The summed E-state index contributed by atoms with van der Waals surface area (Å²) in [6.45, 7) is 2.32. The standard InChI is InChI=1S/C20H25FN2O3.ClH/c1-14-13-16(21)7-10-19(14)25-12-11-18(22-2)15-5-8-17(9-6-15)26-20(24)23(3)4;/h5-10,13,18,22H,11-12H2,1-4H3;1H. The van der Waals surface area contributed by atoms with Gasteiger partial charge in [0.05, 0.1) is 6.61 Å². The van der Waals surface area contributed by atoms with Gasteiger partial charge in [0.1, 0.15) is 17.3 Å². The molecule has 1 amide bonds. The van der Waals surface area contributed by atoms with Crippen LogP contribution in [0.4, 0.5) is 9.18 Å². The molecule has 0 fully saturated rings. The summed E-state index contributed by atoms with van der Waals surface area (Å²) in [6.07, 6.45) is 0.329. The first kappa shape index (κ1) is 22.7. The van der Waals surface area contributed by atoms with Gasteiger partial charge in [-0.1, -0.05) is 12.1 Å². The summed E-state index contributed by atoms with van der Waals surface area (Å²) in [5.41, 5.74) is 1.84. The van der Waals surface area contributed by atoms with Gasteiger partial charge in [0, 0.05) is 26.6 Å². The van der Waals surface area contributed by atoms with Gasteiger partial charge in [-0.15, -0.1) is 12.4 Å². The Morgan fingerprint density at radius 3 is 2.41 bits per heavy atom. The van der Waals surface area contributed by atoms with Crippen LogP contribution in [0.5, 0.6) is 11.5 Å². The molecule has 0 spiro atoms. The average molecular weight is 397 g/mol. The molecule has 0 saturated heterocycles. The van der Waals surface area contributed by atoms with Crippen molar-refractivity contribution in [3.05, 3.63) is 59.4 Å². The van der Waals surface area contributed by atoms with Gasteiger partial charge in [0.2, 0.25) is 0 Å². The first-order valence-electron chi connectivity index (χ1n) is 8.46. The number of halogens is 2. The molecule has 5 nitrogen and oxygen atoms in total. The SMILES string of the molecule is CNC(CCOc1ccc(F)cc1C)c1ccc(OC(=O)N(C)C)cc1.Cl. The summed E-state index contributed by atoms with van der Waals surface area (Å²) in [6, 6.07) is 12.0. The number of hydrogen-bond donors (Lipinski definition) is 1. The molecular weight excluding hydrogens is 371 g/mol. The van der Waals surface area contributed by atoms with Crippen molar-refractivity contribution in [2.75, 3.05) is 27.7 Å². The number of nitrogens with zero attached hydrogens (tertiary/aromatic N) is 1. The molecule has 0 radical (unpaired) electrons. The topological polar surface area (TPSA) is 50.8 Å². The molecule has 0 aromatic heterocycles. The van der Waals surface area contributed by atoms with Crippen LogP contribution in [0.15, 0.2) is 42.5 Å². The largest absolute Gasteiger partial charge is 0.493 e. The lowest BCUT2D eigenvalue weighted by molar-refractivity contribution is 0.172. The van der Waals surface area contributed by atoms with E-state index in [-0.39, 0.29) is 24.3 Å². The van der Waals surface area contributed by atoms with Gasteiger partial charge in [0.15, 0.2) is 0 Å². The van der Waals surface area contributed by atoms with E-state index in [4.69, 9.17) is 9.47 Å². The highest BCUT2D eigenvalue weighted by Crippen LogP contribution is 2.23. The third kappa shape index (κ3) is 6.73. The van der Waals surface area contributed by atoms with E-state index in [1.807, 2.05) is 26.1 Å². The number of carbonyl (C=O) groups excluding carboxylic acids is 1. The lowest BCUT2D eigenvalue weighted by Crippen LogP contribution is -2.25. The Hall–Kier alpha value is -2.31. The van der Waals surface area contributed by atoms with Crippen LogP contribution in [0.2, 0.25) is 0 Å². The Bertz CT molecular complexity index is 739. The van der Waals surface area contributed by atoms with Gasteiger partial charge in [-0.25, -0.2) is 9.18 Å². The third-order valence-corrected chi connectivity index (χ3v) is 4.00. The molecule has 0 aliphatic carbocycles. The van der Waals surface area contributed by atoms with Gasteiger partial charge >= 0.3 is 6.09 Å². The number of aryl methyl sites for hydroxylation is 1. The van der Waals surface area contributed by atoms with Crippen LogP contribution in [-0.4, -0.2) is 38.7 Å². The zero-order chi connectivity index (χ0) is 19.1. The summed E-state index contributed by atoms with van der Waals surface area (Å²) in [7, 11) is 5.15. The van der Waals surface area contributed by atoms with E-state index < -0.39 is 6.09 Å². The van der Waals surface area contributed by atoms with Gasteiger partial charge in [0.25, 0.3) is 0 Å². The molecular formula is C20H26ClFN2O3. The van der Waals surface area contributed by atoms with Crippen LogP contribution in [0.25, 0.3) is 0 Å². The van der Waals surface area contributed by atoms with Gasteiger partial charge < -0.3 is 19.7 Å². The predicted octanol–water partition coefficient (Wildman–Crippen LogP) is 4.35. The molecule has 0 aliphatic rings. The van der Waals surface area contributed by atoms with E-state index in [0.717, 1.165) is 17.5 Å². The molecule has 1 unspecified atom stereocenters. The minimum Gasteiger partial charge on any atom is -0.493 e. The quantitative estimate of drug-likeness (QED) is 0.756. The van der Waals surface area contributed by atoms with Gasteiger partial charge in [-0.05, 0) is 55.4 Å². The van der Waals surface area contributed by atoms with Crippen molar-refractivity contribution in [3.63, 3.8) is 0 Å². The van der Waals surface area contributed by atoms with Crippen LogP contribution in [0, 0.1) is 12.7 Å². The van der Waals surface area contributed by atoms with Gasteiger partial charge in [-0.2, -0.15) is 0 Å². The first-order valence-corrected chi connectivity index (χ1v) is 8.46. The number of nitrogens with one attached hydrogen (secondary N) is 1. The summed E-state index contributed by atoms with van der Waals surface area (Å²) < 4.78 is 24.1. The number of amides is 1. The molecule has 2 rings (SSSR count). The second-order valence-electron chi connectivity index (χ2n) is 6.22. The van der Waals surface area contributed by atoms with E-state index >= 15 is 0 Å². The smallest absolute Gasteiger partial charge is 0.414 e. The number of carbonyl (C=O) groups is 1. The molecule has 0 aliphatic heterocycles. The predicted molar refractivity (Wildman–Crippen MR) is 106 cm³/mol. The van der Waals surface area contributed by atoms with E-state index in [1.54, 1.807) is 32.3 Å². The first-order chi connectivity index (χ1) is 12.4. The molecule has 27 heavy (non-hydrogen) atoms. The molecule has 0 bridgehead atoms. The number of benzene rings is 2. The van der Waals surface area contributed by atoms with Crippen molar-refractivity contribution >= 4 is 18.5 Å². The second-order valence-corrected chi connectivity index (χ2v) is 6.22. The van der Waals surface area contributed by atoms with Crippen LogP contribution < -0.4 is 14.8 Å². The van der Waals surface area contributed by atoms with Crippen molar-refractivity contribution in [1.29, 1.82) is 0 Å². The lowest BCUT2D eigenvalue weighted by atomic mass is 10.0. The normalized spacial score (nSPS) is 11.3. The summed E-state index contributed by atoms with van der Waals surface area (Å²) >= 11 is 0. The highest BCUT2D eigenvalue weighted by Gasteiger charge is 2.12. The van der Waals surface area contributed by atoms with E-state index in [9.17, 15) is 9.18 Å². The van der Waals surface area contributed by atoms with Crippen LogP contribution >= 0.6 is 12.4 Å². The van der Waals surface area contributed by atoms with Crippen molar-refractivity contribution in [1.82, 2.24) is 10.2 Å². The summed E-state index contributed by atoms with van der Waals surface area (Å²) in [4.78, 5) is 12.9. The fourth-order valence-corrected chi connectivity index (χ4v) is 2.50. The van der Waals surface area contributed by atoms with Crippen molar-refractivity contribution in [2.24, 2.45) is 0 Å². The fourth-order valence-electron chi connectivity index (χ4n) is 2.50. The van der Waals surface area contributed by atoms with E-state index in [1.165, 1.54) is 17.0 Å². The molecule has 2 aromatic carbocycles. The molecule has 7 heteroatoms. The minimum atomic E-state index is -0.411. The van der Waals surface area contributed by atoms with Crippen molar-refractivity contribution < 1.29 is 18.7 Å². The monoisotopic (exact) mass is 396 g/mol. The Morgan fingerprint density at radius 1 is 1.19 bits per heavy atom. The number of hydrogen-bond acceptors (Lipinski definition) is 4. The van der Waals surface area contributed by atoms with Crippen molar-refractivity contribution in [3.8, 4) is 11.5 Å². The number of rotatable bonds is 7. The average Bonchev–Trinajstić information content (AvgIpc) is 2.61. The maximum Gasteiger partial charge on any atom is 0.414 e. The Morgan fingerprint density at radius 2 is 1.85 bits per heavy atom.